The van der Waals surface area contributed by atoms with Crippen LogP contribution in [0.3, 0.4) is 0 Å². The lowest BCUT2D eigenvalue weighted by Gasteiger charge is -2.26. The molecule has 2 aliphatic rings. The van der Waals surface area contributed by atoms with Gasteiger partial charge >= 0.3 is 0 Å². The largest absolute Gasteiger partial charge is 0.332 e. The number of carbonyl (C=O) groups is 2. The maximum absolute atomic E-state index is 13.2. The van der Waals surface area contributed by atoms with E-state index in [4.69, 9.17) is 11.6 Å². The first kappa shape index (κ1) is 17.0. The van der Waals surface area contributed by atoms with E-state index in [1.54, 1.807) is 29.3 Å². The van der Waals surface area contributed by atoms with Crippen LogP contribution in [0.15, 0.2) is 42.7 Å². The number of aromatic nitrogens is 1. The van der Waals surface area contributed by atoms with Gasteiger partial charge in [-0.1, -0.05) is 17.7 Å². The molecular formula is C20H20ClN3O2. The molecule has 6 heteroatoms. The third-order valence-electron chi connectivity index (χ3n) is 5.10. The number of hydrogen-bond donors (Lipinski definition) is 0. The lowest BCUT2D eigenvalue weighted by molar-refractivity contribution is -0.117. The summed E-state index contributed by atoms with van der Waals surface area (Å²) in [5.74, 6) is 0.0341. The maximum atomic E-state index is 13.2. The van der Waals surface area contributed by atoms with Crippen molar-refractivity contribution in [2.75, 3.05) is 18.0 Å². The zero-order valence-corrected chi connectivity index (χ0v) is 15.2. The van der Waals surface area contributed by atoms with Gasteiger partial charge in [-0.2, -0.15) is 0 Å². The molecule has 2 amide bonds. The molecule has 3 heterocycles. The summed E-state index contributed by atoms with van der Waals surface area (Å²) in [6.45, 7) is 1.39. The summed E-state index contributed by atoms with van der Waals surface area (Å²) in [4.78, 5) is 33.0. The van der Waals surface area contributed by atoms with Gasteiger partial charge in [0.25, 0.3) is 5.91 Å². The Hall–Kier alpha value is -2.40. The highest BCUT2D eigenvalue weighted by Gasteiger charge is 2.31. The summed E-state index contributed by atoms with van der Waals surface area (Å²) >= 11 is 6.26. The third kappa shape index (κ3) is 3.19. The van der Waals surface area contributed by atoms with Crippen molar-refractivity contribution >= 4 is 29.1 Å². The molecule has 2 aromatic rings. The molecule has 0 saturated carbocycles. The molecule has 1 aromatic carbocycles. The van der Waals surface area contributed by atoms with E-state index >= 15 is 0 Å². The van der Waals surface area contributed by atoms with Gasteiger partial charge in [-0.25, -0.2) is 0 Å². The van der Waals surface area contributed by atoms with E-state index in [0.29, 0.717) is 35.8 Å². The maximum Gasteiger partial charge on any atom is 0.254 e. The van der Waals surface area contributed by atoms with Crippen LogP contribution in [0.25, 0.3) is 0 Å². The van der Waals surface area contributed by atoms with Crippen LogP contribution in [0.5, 0.6) is 0 Å². The molecule has 2 fully saturated rings. The third-order valence-corrected chi connectivity index (χ3v) is 5.32. The first-order valence-electron chi connectivity index (χ1n) is 8.95. The normalized spacial score (nSPS) is 20.0. The molecule has 0 N–H and O–H groups in total. The Morgan fingerprint density at radius 3 is 2.81 bits per heavy atom. The number of halogens is 1. The van der Waals surface area contributed by atoms with Crippen LogP contribution in [0, 0.1) is 0 Å². The SMILES string of the molecule is O=C1CCCN1c1cc(Cl)cc(C(=O)N2CCCC2c2cccnc2)c1. The number of carbonyl (C=O) groups excluding carboxylic acids is 2. The summed E-state index contributed by atoms with van der Waals surface area (Å²) in [5.41, 5.74) is 2.29. The molecule has 1 atom stereocenters. The Balaban J connectivity index is 1.63. The molecule has 0 spiro atoms. The number of anilines is 1. The summed E-state index contributed by atoms with van der Waals surface area (Å²) in [6.07, 6.45) is 6.83. The van der Waals surface area contributed by atoms with Gasteiger partial charge in [0.05, 0.1) is 6.04 Å². The van der Waals surface area contributed by atoms with Crippen molar-refractivity contribution in [3.05, 3.63) is 58.9 Å². The van der Waals surface area contributed by atoms with E-state index in [1.165, 1.54) is 0 Å². The molecular weight excluding hydrogens is 350 g/mol. The number of hydrogen-bond acceptors (Lipinski definition) is 3. The van der Waals surface area contributed by atoms with Crippen molar-refractivity contribution in [3.8, 4) is 0 Å². The van der Waals surface area contributed by atoms with Gasteiger partial charge < -0.3 is 9.80 Å². The monoisotopic (exact) mass is 369 g/mol. The average molecular weight is 370 g/mol. The second-order valence-electron chi connectivity index (χ2n) is 6.79. The highest BCUT2D eigenvalue weighted by molar-refractivity contribution is 6.31. The number of benzene rings is 1. The minimum Gasteiger partial charge on any atom is -0.332 e. The minimum absolute atomic E-state index is 0.0343. The van der Waals surface area contributed by atoms with Crippen LogP contribution in [0.4, 0.5) is 5.69 Å². The van der Waals surface area contributed by atoms with Crippen molar-refractivity contribution in [1.29, 1.82) is 0 Å². The van der Waals surface area contributed by atoms with Gasteiger partial charge in [0, 0.05) is 48.2 Å². The fourth-order valence-corrected chi connectivity index (χ4v) is 4.10. The fourth-order valence-electron chi connectivity index (χ4n) is 3.87. The number of nitrogens with zero attached hydrogens (tertiary/aromatic N) is 3. The van der Waals surface area contributed by atoms with Crippen LogP contribution in [-0.2, 0) is 4.79 Å². The number of pyridine rings is 1. The highest BCUT2D eigenvalue weighted by Crippen LogP contribution is 2.34. The first-order chi connectivity index (χ1) is 12.6. The molecule has 1 unspecified atom stereocenters. The lowest BCUT2D eigenvalue weighted by atomic mass is 10.1. The van der Waals surface area contributed by atoms with Crippen LogP contribution in [0.1, 0.15) is 47.6 Å². The fraction of sp³-hybridized carbons (Fsp3) is 0.350. The van der Waals surface area contributed by atoms with Crippen molar-refractivity contribution in [1.82, 2.24) is 9.88 Å². The zero-order chi connectivity index (χ0) is 18.1. The second kappa shape index (κ2) is 7.08. The summed E-state index contributed by atoms with van der Waals surface area (Å²) in [7, 11) is 0. The molecule has 0 aliphatic carbocycles. The Bertz CT molecular complexity index is 840. The predicted octanol–water partition coefficient (Wildman–Crippen LogP) is 3.84. The number of likely N-dealkylation sites (tertiary alicyclic amines) is 1. The molecule has 4 rings (SSSR count). The molecule has 1 aromatic heterocycles. The zero-order valence-electron chi connectivity index (χ0n) is 14.4. The molecule has 2 aliphatic heterocycles. The van der Waals surface area contributed by atoms with E-state index in [0.717, 1.165) is 24.8 Å². The average Bonchev–Trinajstić information content (AvgIpc) is 3.30. The quantitative estimate of drug-likeness (QED) is 0.826. The van der Waals surface area contributed by atoms with Gasteiger partial charge in [-0.15, -0.1) is 0 Å². The Kier molecular flexibility index (Phi) is 4.64. The van der Waals surface area contributed by atoms with Crippen LogP contribution in [0.2, 0.25) is 5.02 Å². The van der Waals surface area contributed by atoms with Gasteiger partial charge in [0.1, 0.15) is 0 Å². The molecule has 134 valence electrons. The summed E-state index contributed by atoms with van der Waals surface area (Å²) in [5, 5.41) is 0.475. The van der Waals surface area contributed by atoms with E-state index in [1.807, 2.05) is 23.2 Å². The van der Waals surface area contributed by atoms with Crippen molar-refractivity contribution in [2.45, 2.75) is 31.7 Å². The number of amides is 2. The second-order valence-corrected chi connectivity index (χ2v) is 7.23. The van der Waals surface area contributed by atoms with E-state index in [-0.39, 0.29) is 17.9 Å². The van der Waals surface area contributed by atoms with Gasteiger partial charge in [0.15, 0.2) is 0 Å². The Morgan fingerprint density at radius 2 is 2.08 bits per heavy atom. The lowest BCUT2D eigenvalue weighted by Crippen LogP contribution is -2.31. The summed E-state index contributed by atoms with van der Waals surface area (Å²) in [6, 6.07) is 9.17. The van der Waals surface area contributed by atoms with Gasteiger partial charge in [-0.3, -0.25) is 14.6 Å². The van der Waals surface area contributed by atoms with Crippen molar-refractivity contribution in [2.24, 2.45) is 0 Å². The molecule has 26 heavy (non-hydrogen) atoms. The van der Waals surface area contributed by atoms with E-state index in [9.17, 15) is 9.59 Å². The first-order valence-corrected chi connectivity index (χ1v) is 9.33. The molecule has 0 bridgehead atoms. The van der Waals surface area contributed by atoms with Crippen LogP contribution >= 0.6 is 11.6 Å². The van der Waals surface area contributed by atoms with Gasteiger partial charge in [-0.05, 0) is 49.1 Å². The Morgan fingerprint density at radius 1 is 1.19 bits per heavy atom. The molecule has 2 saturated heterocycles. The van der Waals surface area contributed by atoms with Crippen LogP contribution in [-0.4, -0.2) is 34.8 Å². The Labute approximate surface area is 157 Å². The minimum atomic E-state index is -0.0493. The predicted molar refractivity (Wildman–Crippen MR) is 100 cm³/mol. The topological polar surface area (TPSA) is 53.5 Å². The van der Waals surface area contributed by atoms with Gasteiger partial charge in [0.2, 0.25) is 5.91 Å². The standard InChI is InChI=1S/C20H20ClN3O2/c21-16-10-15(11-17(12-16)23-8-3-6-19(23)25)20(26)24-9-2-5-18(24)14-4-1-7-22-13-14/h1,4,7,10-13,18H,2-3,5-6,8-9H2. The smallest absolute Gasteiger partial charge is 0.254 e. The van der Waals surface area contributed by atoms with E-state index < -0.39 is 0 Å². The van der Waals surface area contributed by atoms with Crippen molar-refractivity contribution < 1.29 is 9.59 Å². The molecule has 5 nitrogen and oxygen atoms in total. The van der Waals surface area contributed by atoms with E-state index in [2.05, 4.69) is 4.98 Å². The van der Waals surface area contributed by atoms with Crippen LogP contribution < -0.4 is 4.90 Å². The molecule has 0 radical (unpaired) electrons. The summed E-state index contributed by atoms with van der Waals surface area (Å²) < 4.78 is 0. The van der Waals surface area contributed by atoms with Crippen molar-refractivity contribution in [3.63, 3.8) is 0 Å². The number of rotatable bonds is 3. The highest BCUT2D eigenvalue weighted by atomic mass is 35.5.